The van der Waals surface area contributed by atoms with Crippen LogP contribution in [0, 0.1) is 0 Å². The summed E-state index contributed by atoms with van der Waals surface area (Å²) in [5, 5.41) is 13.8. The molecule has 0 bridgehead atoms. The van der Waals surface area contributed by atoms with E-state index in [0.29, 0.717) is 29.6 Å². The Bertz CT molecular complexity index is 716. The highest BCUT2D eigenvalue weighted by Gasteiger charge is 2.22. The van der Waals surface area contributed by atoms with Crippen LogP contribution in [-0.2, 0) is 13.0 Å². The van der Waals surface area contributed by atoms with E-state index in [-0.39, 0.29) is 12.0 Å². The number of halogens is 1. The highest BCUT2D eigenvalue weighted by molar-refractivity contribution is 6.32. The van der Waals surface area contributed by atoms with E-state index in [9.17, 15) is 4.79 Å². The van der Waals surface area contributed by atoms with Gasteiger partial charge in [0, 0.05) is 30.8 Å². The fourth-order valence-electron chi connectivity index (χ4n) is 2.69. The Morgan fingerprint density at radius 2 is 2.29 bits per heavy atom. The van der Waals surface area contributed by atoms with Gasteiger partial charge in [0.2, 0.25) is 0 Å². The number of nitrogens with zero attached hydrogens (tertiary/aromatic N) is 1. The number of carbonyl (C=O) groups excluding carboxylic acids is 1. The third-order valence-corrected chi connectivity index (χ3v) is 4.41. The number of hydrogen-bond donors (Lipinski definition) is 3. The third kappa shape index (κ3) is 3.71. The number of carbonyl (C=O) groups is 1. The Morgan fingerprint density at radius 1 is 1.46 bits per heavy atom. The first-order valence-electron chi connectivity index (χ1n) is 8.15. The minimum absolute atomic E-state index is 0.151. The summed E-state index contributed by atoms with van der Waals surface area (Å²) in [6.45, 7) is 3.98. The number of para-hydroxylation sites is 1. The molecule has 1 aromatic heterocycles. The monoisotopic (exact) mass is 348 g/mol. The first-order valence-corrected chi connectivity index (χ1v) is 8.53. The molecule has 0 fully saturated rings. The number of amides is 1. The summed E-state index contributed by atoms with van der Waals surface area (Å²) in [6.07, 6.45) is 1.47. The van der Waals surface area contributed by atoms with E-state index in [1.54, 1.807) is 6.07 Å². The second kappa shape index (κ2) is 7.68. The Labute approximate surface area is 145 Å². The maximum absolute atomic E-state index is 12.4. The molecular weight excluding hydrogens is 328 g/mol. The number of rotatable bonds is 6. The molecule has 0 radical (unpaired) electrons. The SMILES string of the molecule is CCC(CNC(=O)c1n[nH]c2c1CNCC2)Oc1ccccc1Cl. The Hall–Kier alpha value is -2.05. The van der Waals surface area contributed by atoms with Crippen LogP contribution in [0.25, 0.3) is 0 Å². The van der Waals surface area contributed by atoms with Gasteiger partial charge < -0.3 is 15.4 Å². The fraction of sp³-hybridized carbons (Fsp3) is 0.412. The number of hydrogen-bond acceptors (Lipinski definition) is 4. The quantitative estimate of drug-likeness (QED) is 0.748. The number of aromatic amines is 1. The largest absolute Gasteiger partial charge is 0.487 e. The molecule has 128 valence electrons. The minimum Gasteiger partial charge on any atom is -0.487 e. The van der Waals surface area contributed by atoms with Crippen LogP contribution in [0.2, 0.25) is 5.02 Å². The number of H-pyrrole nitrogens is 1. The molecule has 24 heavy (non-hydrogen) atoms. The van der Waals surface area contributed by atoms with Gasteiger partial charge in [-0.3, -0.25) is 9.89 Å². The van der Waals surface area contributed by atoms with Crippen LogP contribution in [0.1, 0.15) is 35.1 Å². The molecule has 1 aromatic carbocycles. The molecule has 7 heteroatoms. The number of nitrogens with one attached hydrogen (secondary N) is 3. The fourth-order valence-corrected chi connectivity index (χ4v) is 2.87. The number of aromatic nitrogens is 2. The van der Waals surface area contributed by atoms with Crippen molar-refractivity contribution in [1.29, 1.82) is 0 Å². The highest BCUT2D eigenvalue weighted by Crippen LogP contribution is 2.24. The second-order valence-electron chi connectivity index (χ2n) is 5.74. The van der Waals surface area contributed by atoms with Crippen molar-refractivity contribution in [2.45, 2.75) is 32.4 Å². The Balaban J connectivity index is 1.60. The second-order valence-corrected chi connectivity index (χ2v) is 6.15. The lowest BCUT2D eigenvalue weighted by Crippen LogP contribution is -2.36. The summed E-state index contributed by atoms with van der Waals surface area (Å²) in [5.74, 6) is 0.444. The summed E-state index contributed by atoms with van der Waals surface area (Å²) < 4.78 is 5.89. The molecule has 6 nitrogen and oxygen atoms in total. The van der Waals surface area contributed by atoms with Gasteiger partial charge >= 0.3 is 0 Å². The van der Waals surface area contributed by atoms with Crippen LogP contribution in [0.15, 0.2) is 24.3 Å². The van der Waals surface area contributed by atoms with E-state index in [1.165, 1.54) is 0 Å². The normalized spacial score (nSPS) is 14.8. The highest BCUT2D eigenvalue weighted by atomic mass is 35.5. The van der Waals surface area contributed by atoms with Crippen LogP contribution < -0.4 is 15.4 Å². The number of ether oxygens (including phenoxy) is 1. The molecule has 2 heterocycles. The lowest BCUT2D eigenvalue weighted by molar-refractivity contribution is 0.0920. The summed E-state index contributed by atoms with van der Waals surface area (Å²) in [4.78, 5) is 12.4. The van der Waals surface area contributed by atoms with Crippen LogP contribution in [0.4, 0.5) is 0 Å². The van der Waals surface area contributed by atoms with Gasteiger partial charge in [0.25, 0.3) is 5.91 Å². The molecule has 1 aliphatic heterocycles. The molecule has 0 spiro atoms. The van der Waals surface area contributed by atoms with Crippen molar-refractivity contribution in [2.24, 2.45) is 0 Å². The van der Waals surface area contributed by atoms with Crippen LogP contribution in [0.5, 0.6) is 5.75 Å². The van der Waals surface area contributed by atoms with Gasteiger partial charge in [0.15, 0.2) is 5.69 Å². The van der Waals surface area contributed by atoms with Gasteiger partial charge in [-0.25, -0.2) is 0 Å². The van der Waals surface area contributed by atoms with Crippen molar-refractivity contribution < 1.29 is 9.53 Å². The van der Waals surface area contributed by atoms with Gasteiger partial charge in [-0.1, -0.05) is 30.7 Å². The maximum Gasteiger partial charge on any atom is 0.272 e. The van der Waals surface area contributed by atoms with Crippen molar-refractivity contribution in [3.05, 3.63) is 46.2 Å². The van der Waals surface area contributed by atoms with Crippen molar-refractivity contribution in [1.82, 2.24) is 20.8 Å². The standard InChI is InChI=1S/C17H21ClN4O2/c1-2-11(24-15-6-4-3-5-13(15)18)9-20-17(23)16-12-10-19-8-7-14(12)21-22-16/h3-6,11,19H,2,7-10H2,1H3,(H,20,23)(H,21,22). The zero-order valence-corrected chi connectivity index (χ0v) is 14.3. The van der Waals surface area contributed by atoms with Gasteiger partial charge in [-0.2, -0.15) is 5.10 Å². The van der Waals surface area contributed by atoms with Gasteiger partial charge in [0.05, 0.1) is 11.6 Å². The molecule has 1 atom stereocenters. The topological polar surface area (TPSA) is 79.0 Å². The number of fused-ring (bicyclic) bond motifs is 1. The molecule has 0 saturated carbocycles. The van der Waals surface area contributed by atoms with Crippen LogP contribution in [-0.4, -0.2) is 35.3 Å². The zero-order valence-electron chi connectivity index (χ0n) is 13.6. The third-order valence-electron chi connectivity index (χ3n) is 4.10. The molecular formula is C17H21ClN4O2. The van der Waals surface area contributed by atoms with E-state index in [1.807, 2.05) is 25.1 Å². The summed E-state index contributed by atoms with van der Waals surface area (Å²) in [5.41, 5.74) is 2.46. The molecule has 3 rings (SSSR count). The zero-order chi connectivity index (χ0) is 16.9. The predicted molar refractivity (Wildman–Crippen MR) is 92.5 cm³/mol. The van der Waals surface area contributed by atoms with E-state index in [2.05, 4.69) is 20.8 Å². The molecule has 1 amide bonds. The van der Waals surface area contributed by atoms with Gasteiger partial charge in [0.1, 0.15) is 11.9 Å². The van der Waals surface area contributed by atoms with Crippen LogP contribution in [0.3, 0.4) is 0 Å². The molecule has 1 unspecified atom stereocenters. The summed E-state index contributed by atoms with van der Waals surface area (Å²) in [6, 6.07) is 7.33. The predicted octanol–water partition coefficient (Wildman–Crippen LogP) is 2.30. The van der Waals surface area contributed by atoms with Crippen molar-refractivity contribution in [2.75, 3.05) is 13.1 Å². The minimum atomic E-state index is -0.183. The maximum atomic E-state index is 12.4. The Kier molecular flexibility index (Phi) is 5.37. The van der Waals surface area contributed by atoms with Crippen molar-refractivity contribution >= 4 is 17.5 Å². The van der Waals surface area contributed by atoms with Gasteiger partial charge in [-0.05, 0) is 18.6 Å². The lowest BCUT2D eigenvalue weighted by Gasteiger charge is -2.19. The molecule has 3 N–H and O–H groups in total. The first-order chi connectivity index (χ1) is 11.7. The van der Waals surface area contributed by atoms with E-state index in [0.717, 1.165) is 30.6 Å². The number of benzene rings is 1. The van der Waals surface area contributed by atoms with E-state index < -0.39 is 0 Å². The lowest BCUT2D eigenvalue weighted by atomic mass is 10.1. The molecule has 2 aromatic rings. The van der Waals surface area contributed by atoms with Crippen molar-refractivity contribution in [3.8, 4) is 5.75 Å². The molecule has 0 aliphatic carbocycles. The molecule has 0 saturated heterocycles. The molecule has 1 aliphatic rings. The van der Waals surface area contributed by atoms with Crippen LogP contribution >= 0.6 is 11.6 Å². The van der Waals surface area contributed by atoms with Gasteiger partial charge in [-0.15, -0.1) is 0 Å². The average Bonchev–Trinajstić information content (AvgIpc) is 3.04. The smallest absolute Gasteiger partial charge is 0.272 e. The Morgan fingerprint density at radius 3 is 3.08 bits per heavy atom. The van der Waals surface area contributed by atoms with E-state index >= 15 is 0 Å². The van der Waals surface area contributed by atoms with E-state index in [4.69, 9.17) is 16.3 Å². The first kappa shape index (κ1) is 16.8. The van der Waals surface area contributed by atoms with Crippen molar-refractivity contribution in [3.63, 3.8) is 0 Å². The average molecular weight is 349 g/mol. The summed E-state index contributed by atoms with van der Waals surface area (Å²) in [7, 11) is 0. The summed E-state index contributed by atoms with van der Waals surface area (Å²) >= 11 is 6.12.